The van der Waals surface area contributed by atoms with Crippen molar-refractivity contribution in [2.75, 3.05) is 77.7 Å². The van der Waals surface area contributed by atoms with Crippen molar-refractivity contribution in [3.8, 4) is 28.7 Å². The summed E-state index contributed by atoms with van der Waals surface area (Å²) in [6, 6.07) is 17.4. The molecule has 0 bridgehead atoms. The van der Waals surface area contributed by atoms with Gasteiger partial charge >= 0.3 is 0 Å². The number of aryl methyl sites for hydroxylation is 2. The van der Waals surface area contributed by atoms with Crippen LogP contribution in [0.5, 0.6) is 28.7 Å². The summed E-state index contributed by atoms with van der Waals surface area (Å²) in [5.41, 5.74) is 28.3. The quantitative estimate of drug-likeness (QED) is 0.0170. The van der Waals surface area contributed by atoms with Crippen molar-refractivity contribution in [1.29, 1.82) is 0 Å². The molecule has 35 heteroatoms. The van der Waals surface area contributed by atoms with E-state index < -0.39 is 0 Å². The summed E-state index contributed by atoms with van der Waals surface area (Å²) in [5.74, 6) is 5.26. The largest absolute Gasteiger partial charge is 0.495 e. The number of aromatic amines is 1. The first-order valence-corrected chi connectivity index (χ1v) is 35.4. The Kier molecular flexibility index (Phi) is 46.5. The predicted molar refractivity (Wildman–Crippen MR) is 447 cm³/mol. The maximum atomic E-state index is 12.1. The maximum Gasteiger partial charge on any atom is 0.222 e. The number of para-hydroxylation sites is 1. The van der Waals surface area contributed by atoms with Crippen LogP contribution in [0.15, 0.2) is 103 Å². The standard InChI is InChI=1S/C20H28N6O2.C19H29N5O3.C18H27N5O3.C16H23N5O2.4H2S/c1-3-4-7-14(10-11-27)23-19-18(12-22-20(21)24-19)28-13-16-15-8-5-6-9-17(15)26(2)25-16;1-4-5-6-14(7-8-25)23-18-16(10-22-19(20)24-18)27-11-15-13(3)17(26)12(2)9-21-15;1-3-4-6-13(8-10-24)22-17-16(11-21-18(19)23-17)26-12-14-15(25-2)7-5-9-20-14;1-2-3-6-12(10-22)20-15-14(9-19-16(17)21-15)23-11-13-7-4-5-8-18-13;;;;/h5-6,8-9,12,14,27H,3-4,7,10-11,13H2,1-2H3,(H3,21,22,23,24);9-10,14,25H,4-8,11H2,1-3H3,(H,21,26)(H3,20,22,23,24);5,7,9,11,13,24H,3-4,6,8,10,12H2,1-2H3,(H3,19,21,22,23);4-5,7-9,12,22H,2-3,6,10-11H2,1H3,(H3,17,19,20,21);4*1H2/t2*14-;13-;12-;;;;/m0000..../s1. The lowest BCUT2D eigenvalue weighted by atomic mass is 10.1. The zero-order valence-corrected chi connectivity index (χ0v) is 67.2. The number of unbranched alkanes of at least 4 members (excludes halogenated alkanes) is 4. The number of fused-ring (bicyclic) bond motifs is 1. The zero-order chi connectivity index (χ0) is 75.0. The summed E-state index contributed by atoms with van der Waals surface area (Å²) >= 11 is 0. The van der Waals surface area contributed by atoms with Gasteiger partial charge < -0.3 is 93.3 Å². The Balaban J connectivity index is 0.000000484. The number of nitrogens with zero attached hydrogens (tertiary/aromatic N) is 12. The normalized spacial score (nSPS) is 11.6. The monoisotopic (exact) mass is 1570 g/mol. The molecule has 0 aliphatic heterocycles. The summed E-state index contributed by atoms with van der Waals surface area (Å²) in [5, 5.41) is 56.2. The molecule has 1 aromatic carbocycles. The molecule has 0 spiro atoms. The number of pyridine rings is 3. The average molecular weight is 1580 g/mol. The second-order valence-electron chi connectivity index (χ2n) is 24.5. The molecule has 0 radical (unpaired) electrons. The number of benzene rings is 1. The number of methoxy groups -OCH3 is 1. The molecular weight excluding hydrogens is 1460 g/mol. The van der Waals surface area contributed by atoms with E-state index in [2.05, 4.69) is 109 Å². The molecule has 0 aliphatic rings. The first-order valence-electron chi connectivity index (χ1n) is 35.4. The van der Waals surface area contributed by atoms with Crippen molar-refractivity contribution in [2.24, 2.45) is 7.05 Å². The highest BCUT2D eigenvalue weighted by molar-refractivity contribution is 7.59. The lowest BCUT2D eigenvalue weighted by molar-refractivity contribution is 0.265. The van der Waals surface area contributed by atoms with Crippen LogP contribution < -0.4 is 73.3 Å². The molecule has 8 heterocycles. The summed E-state index contributed by atoms with van der Waals surface area (Å²) in [7, 11) is 3.51. The molecule has 108 heavy (non-hydrogen) atoms. The minimum absolute atomic E-state index is 0. The molecule has 9 rings (SSSR count). The van der Waals surface area contributed by atoms with Crippen LogP contribution in [-0.4, -0.2) is 143 Å². The molecule has 8 aromatic heterocycles. The van der Waals surface area contributed by atoms with Crippen LogP contribution in [0.3, 0.4) is 0 Å². The molecule has 0 aliphatic carbocycles. The summed E-state index contributed by atoms with van der Waals surface area (Å²) < 4.78 is 30.6. The van der Waals surface area contributed by atoms with E-state index in [1.807, 2.05) is 60.3 Å². The highest BCUT2D eigenvalue weighted by Gasteiger charge is 2.20. The van der Waals surface area contributed by atoms with E-state index in [1.54, 1.807) is 51.8 Å². The summed E-state index contributed by atoms with van der Waals surface area (Å²) in [4.78, 5) is 56.7. The number of ether oxygens (including phenoxy) is 5. The fourth-order valence-electron chi connectivity index (χ4n) is 10.6. The molecule has 0 amide bonds. The van der Waals surface area contributed by atoms with Gasteiger partial charge in [-0.15, -0.1) is 0 Å². The van der Waals surface area contributed by atoms with E-state index in [0.717, 1.165) is 99.3 Å². The summed E-state index contributed by atoms with van der Waals surface area (Å²) in [6.07, 6.45) is 25.2. The molecular formula is C73H115N21O10S4. The Labute approximate surface area is 661 Å². The number of aromatic nitrogens is 13. The van der Waals surface area contributed by atoms with E-state index in [1.165, 1.54) is 18.6 Å². The van der Waals surface area contributed by atoms with Gasteiger partial charge in [0.2, 0.25) is 23.8 Å². The third kappa shape index (κ3) is 32.0. The number of hydrogen-bond donors (Lipinski definition) is 13. The number of hydrogen-bond acceptors (Lipinski definition) is 29. The number of aliphatic hydroxyl groups excluding tert-OH is 4. The van der Waals surface area contributed by atoms with Crippen molar-refractivity contribution in [3.63, 3.8) is 0 Å². The highest BCUT2D eigenvalue weighted by atomic mass is 32.1. The first-order chi connectivity index (χ1) is 50.5. The Morgan fingerprint density at radius 1 is 0.481 bits per heavy atom. The Morgan fingerprint density at radius 3 is 1.31 bits per heavy atom. The molecule has 0 fully saturated rings. The third-order valence-electron chi connectivity index (χ3n) is 16.5. The van der Waals surface area contributed by atoms with E-state index in [4.69, 9.17) is 46.6 Å². The second-order valence-corrected chi connectivity index (χ2v) is 24.5. The van der Waals surface area contributed by atoms with Gasteiger partial charge in [0, 0.05) is 80.1 Å². The Morgan fingerprint density at radius 2 is 0.889 bits per heavy atom. The number of anilines is 8. The number of nitrogens with two attached hydrogens (primary N) is 4. The first kappa shape index (κ1) is 95.0. The number of rotatable bonds is 40. The second kappa shape index (κ2) is 52.8. The zero-order valence-electron chi connectivity index (χ0n) is 63.2. The van der Waals surface area contributed by atoms with Crippen molar-refractivity contribution < 1.29 is 44.1 Å². The molecule has 0 saturated heterocycles. The molecule has 9 aromatic rings. The minimum Gasteiger partial charge on any atom is -0.495 e. The maximum absolute atomic E-state index is 12.1. The average Bonchev–Trinajstić information content (AvgIpc) is 1.77. The number of nitrogen functional groups attached to an aromatic ring is 4. The molecule has 596 valence electrons. The van der Waals surface area contributed by atoms with Crippen LogP contribution in [0.25, 0.3) is 10.9 Å². The highest BCUT2D eigenvalue weighted by Crippen LogP contribution is 2.31. The minimum atomic E-state index is -0.0959. The van der Waals surface area contributed by atoms with Crippen LogP contribution in [0, 0.1) is 13.8 Å². The van der Waals surface area contributed by atoms with Crippen LogP contribution in [0.1, 0.15) is 158 Å². The summed E-state index contributed by atoms with van der Waals surface area (Å²) in [6.45, 7) is 13.4. The lowest BCUT2D eigenvalue weighted by Gasteiger charge is -2.20. The van der Waals surface area contributed by atoms with Gasteiger partial charge in [0.05, 0.1) is 61.5 Å². The van der Waals surface area contributed by atoms with E-state index >= 15 is 0 Å². The van der Waals surface area contributed by atoms with Crippen LogP contribution in [0.2, 0.25) is 0 Å². The molecule has 4 atom stereocenters. The Bertz CT molecular complexity index is 4030. The SMILES string of the molecule is CCCC[C@@H](CCO)Nc1nc(N)ncc1OCc1[nH]cc(C)c(=O)c1C.CCCC[C@@H](CCO)Nc1nc(N)ncc1OCc1ncccc1OC.CCCC[C@@H](CCO)Nc1nc(N)ncc1OCc1nn(C)c2ccccc12.CCCC[C@@H](CO)Nc1nc(N)ncc1OCc1ccccn1.S.S.S.S. The van der Waals surface area contributed by atoms with E-state index in [0.29, 0.717) is 107 Å². The van der Waals surface area contributed by atoms with Crippen LogP contribution >= 0.6 is 54.0 Å². The van der Waals surface area contributed by atoms with Gasteiger partial charge in [-0.2, -0.15) is 79.0 Å². The van der Waals surface area contributed by atoms with E-state index in [-0.39, 0.29) is 147 Å². The smallest absolute Gasteiger partial charge is 0.222 e. The number of H-pyrrole nitrogens is 1. The van der Waals surface area contributed by atoms with Gasteiger partial charge in [0.15, 0.2) is 51.7 Å². The fourth-order valence-corrected chi connectivity index (χ4v) is 10.6. The van der Waals surface area contributed by atoms with Crippen LogP contribution in [-0.2, 0) is 33.5 Å². The van der Waals surface area contributed by atoms with Crippen LogP contribution in [0.4, 0.5) is 47.1 Å². The van der Waals surface area contributed by atoms with Crippen molar-refractivity contribution >= 4 is 112 Å². The van der Waals surface area contributed by atoms with Crippen molar-refractivity contribution in [2.45, 2.75) is 188 Å². The van der Waals surface area contributed by atoms with Crippen molar-refractivity contribution in [1.82, 2.24) is 64.6 Å². The number of nitrogens with one attached hydrogen (secondary N) is 5. The molecule has 17 N–H and O–H groups in total. The van der Waals surface area contributed by atoms with Gasteiger partial charge in [0.25, 0.3) is 0 Å². The van der Waals surface area contributed by atoms with Gasteiger partial charge in [-0.3, -0.25) is 19.4 Å². The fraction of sp³-hybridized carbons (Fsp3) is 0.479. The van der Waals surface area contributed by atoms with Gasteiger partial charge in [0.1, 0.15) is 43.6 Å². The molecule has 31 nitrogen and oxygen atoms in total. The number of aliphatic hydroxyl groups is 4. The van der Waals surface area contributed by atoms with E-state index in [9.17, 15) is 25.2 Å². The molecule has 0 unspecified atom stereocenters. The lowest BCUT2D eigenvalue weighted by Crippen LogP contribution is -2.25. The Hall–Kier alpha value is -9.10. The molecule has 0 saturated carbocycles. The third-order valence-corrected chi connectivity index (χ3v) is 16.5. The van der Waals surface area contributed by atoms with Gasteiger partial charge in [-0.25, -0.2) is 19.9 Å². The van der Waals surface area contributed by atoms with Crippen molar-refractivity contribution in [3.05, 3.63) is 142 Å². The topological polar surface area (TPSA) is 459 Å². The van der Waals surface area contributed by atoms with Gasteiger partial charge in [-0.1, -0.05) is 103 Å². The van der Waals surface area contributed by atoms with Gasteiger partial charge in [-0.05, 0) is 89.1 Å². The predicted octanol–water partition coefficient (Wildman–Crippen LogP) is 10.0.